The van der Waals surface area contributed by atoms with Crippen LogP contribution in [0.1, 0.15) is 23.3 Å². The summed E-state index contributed by atoms with van der Waals surface area (Å²) in [5.41, 5.74) is 2.31. The molecule has 6 heteroatoms. The summed E-state index contributed by atoms with van der Waals surface area (Å²) in [6.45, 7) is 0. The fourth-order valence-corrected chi connectivity index (χ4v) is 3.83. The van der Waals surface area contributed by atoms with Crippen molar-refractivity contribution in [1.82, 2.24) is 0 Å². The normalized spacial score (nSPS) is 21.6. The zero-order valence-electron chi connectivity index (χ0n) is 15.7. The van der Waals surface area contributed by atoms with Crippen LogP contribution < -0.4 is 14.2 Å². The van der Waals surface area contributed by atoms with Gasteiger partial charge in [0.2, 0.25) is 5.75 Å². The van der Waals surface area contributed by atoms with E-state index in [1.807, 2.05) is 36.4 Å². The highest BCUT2D eigenvalue weighted by molar-refractivity contribution is 5.94. The fourth-order valence-electron chi connectivity index (χ4n) is 3.83. The lowest BCUT2D eigenvalue weighted by molar-refractivity contribution is -0.107. The van der Waals surface area contributed by atoms with Gasteiger partial charge in [-0.15, -0.1) is 0 Å². The van der Waals surface area contributed by atoms with Gasteiger partial charge >= 0.3 is 0 Å². The number of hydrogen-bond donors (Lipinski definition) is 0. The van der Waals surface area contributed by atoms with Gasteiger partial charge in [0.15, 0.2) is 17.4 Å². The van der Waals surface area contributed by atoms with Gasteiger partial charge in [0.05, 0.1) is 31.4 Å². The Bertz CT molecular complexity index is 933. The van der Waals surface area contributed by atoms with E-state index in [4.69, 9.17) is 28.1 Å². The highest BCUT2D eigenvalue weighted by atomic mass is 16.6. The van der Waals surface area contributed by atoms with Gasteiger partial charge in [-0.2, -0.15) is 0 Å². The predicted molar refractivity (Wildman–Crippen MR) is 99.7 cm³/mol. The standard InChI is InChI=1S/C21H22O6/c1-22-16-13-10-11-26-17(13)21(25-4)19-14(16)18(23-2)20(24-3)15(27-19)12-8-6-5-7-9-12/h5-11,15,18,20H,1-4H3/t15-,18-,20-/m1/s1. The monoisotopic (exact) mass is 370 g/mol. The molecule has 1 aliphatic rings. The van der Waals surface area contributed by atoms with Crippen molar-refractivity contribution in [3.63, 3.8) is 0 Å². The van der Waals surface area contributed by atoms with Gasteiger partial charge in [-0.3, -0.25) is 0 Å². The summed E-state index contributed by atoms with van der Waals surface area (Å²) in [6, 6.07) is 11.8. The van der Waals surface area contributed by atoms with Crippen LogP contribution in [0, 0.1) is 0 Å². The molecule has 0 fully saturated rings. The van der Waals surface area contributed by atoms with Gasteiger partial charge in [0.1, 0.15) is 18.0 Å². The minimum Gasteiger partial charge on any atom is -0.495 e. The molecule has 1 aliphatic heterocycles. The molecule has 4 rings (SSSR count). The minimum absolute atomic E-state index is 0.368. The third-order valence-electron chi connectivity index (χ3n) is 5.00. The molecule has 6 nitrogen and oxygen atoms in total. The molecular formula is C21H22O6. The number of methoxy groups -OCH3 is 4. The van der Waals surface area contributed by atoms with Gasteiger partial charge in [-0.1, -0.05) is 30.3 Å². The number of ether oxygens (including phenoxy) is 5. The van der Waals surface area contributed by atoms with Crippen LogP contribution >= 0.6 is 0 Å². The van der Waals surface area contributed by atoms with Crippen LogP contribution in [0.5, 0.6) is 17.2 Å². The topological polar surface area (TPSA) is 59.3 Å². The third-order valence-corrected chi connectivity index (χ3v) is 5.00. The Morgan fingerprint density at radius 1 is 0.852 bits per heavy atom. The largest absolute Gasteiger partial charge is 0.495 e. The maximum atomic E-state index is 6.43. The number of rotatable bonds is 5. The number of benzene rings is 2. The Kier molecular flexibility index (Phi) is 4.68. The molecule has 142 valence electrons. The van der Waals surface area contributed by atoms with E-state index >= 15 is 0 Å². The Labute approximate surface area is 157 Å². The van der Waals surface area contributed by atoms with Gasteiger partial charge in [0.25, 0.3) is 0 Å². The van der Waals surface area contributed by atoms with Crippen molar-refractivity contribution in [3.8, 4) is 17.2 Å². The first-order valence-corrected chi connectivity index (χ1v) is 8.67. The average molecular weight is 370 g/mol. The predicted octanol–water partition coefficient (Wildman–Crippen LogP) is 4.29. The second kappa shape index (κ2) is 7.13. The molecular weight excluding hydrogens is 348 g/mol. The van der Waals surface area contributed by atoms with Crippen molar-refractivity contribution in [1.29, 1.82) is 0 Å². The van der Waals surface area contributed by atoms with Crippen molar-refractivity contribution in [2.75, 3.05) is 28.4 Å². The highest BCUT2D eigenvalue weighted by Crippen LogP contribution is 2.55. The second-order valence-electron chi connectivity index (χ2n) is 6.28. The Balaban J connectivity index is 2.00. The van der Waals surface area contributed by atoms with Gasteiger partial charge < -0.3 is 28.1 Å². The average Bonchev–Trinajstić information content (AvgIpc) is 3.20. The van der Waals surface area contributed by atoms with Crippen molar-refractivity contribution < 1.29 is 28.1 Å². The van der Waals surface area contributed by atoms with Crippen LogP contribution in [0.4, 0.5) is 0 Å². The van der Waals surface area contributed by atoms with E-state index in [1.54, 1.807) is 34.7 Å². The molecule has 0 unspecified atom stereocenters. The second-order valence-corrected chi connectivity index (χ2v) is 6.28. The molecule has 2 heterocycles. The molecule has 0 radical (unpaired) electrons. The number of fused-ring (bicyclic) bond motifs is 2. The Morgan fingerprint density at radius 2 is 1.59 bits per heavy atom. The van der Waals surface area contributed by atoms with Crippen molar-refractivity contribution >= 4 is 11.0 Å². The van der Waals surface area contributed by atoms with Crippen LogP contribution in [-0.2, 0) is 9.47 Å². The molecule has 27 heavy (non-hydrogen) atoms. The van der Waals surface area contributed by atoms with Crippen LogP contribution in [0.2, 0.25) is 0 Å². The van der Waals surface area contributed by atoms with E-state index in [2.05, 4.69) is 0 Å². The summed E-state index contributed by atoms with van der Waals surface area (Å²) in [6.07, 6.45) is 0.450. The van der Waals surface area contributed by atoms with Crippen LogP contribution in [0.15, 0.2) is 47.1 Å². The molecule has 3 atom stereocenters. The maximum Gasteiger partial charge on any atom is 0.205 e. The first-order chi connectivity index (χ1) is 13.2. The number of hydrogen-bond acceptors (Lipinski definition) is 6. The maximum absolute atomic E-state index is 6.43. The van der Waals surface area contributed by atoms with E-state index in [0.29, 0.717) is 22.8 Å². The minimum atomic E-state index is -0.410. The van der Waals surface area contributed by atoms with E-state index in [9.17, 15) is 0 Å². The van der Waals surface area contributed by atoms with Crippen molar-refractivity contribution in [2.45, 2.75) is 18.3 Å². The summed E-state index contributed by atoms with van der Waals surface area (Å²) >= 11 is 0. The number of furan rings is 1. The first kappa shape index (κ1) is 17.7. The van der Waals surface area contributed by atoms with Gasteiger partial charge in [-0.05, 0) is 11.6 Å². The lowest BCUT2D eigenvalue weighted by atomic mass is 9.90. The van der Waals surface area contributed by atoms with Gasteiger partial charge in [0, 0.05) is 14.2 Å². The van der Waals surface area contributed by atoms with Crippen LogP contribution in [-0.4, -0.2) is 34.5 Å². The fraction of sp³-hybridized carbons (Fsp3) is 0.333. The molecule has 3 aromatic rings. The van der Waals surface area contributed by atoms with E-state index in [-0.39, 0.29) is 12.2 Å². The summed E-state index contributed by atoms with van der Waals surface area (Å²) < 4.78 is 35.1. The molecule has 0 aliphatic carbocycles. The van der Waals surface area contributed by atoms with Crippen molar-refractivity contribution in [2.24, 2.45) is 0 Å². The first-order valence-electron chi connectivity index (χ1n) is 8.67. The lowest BCUT2D eigenvalue weighted by Gasteiger charge is -2.39. The zero-order valence-corrected chi connectivity index (χ0v) is 15.7. The van der Waals surface area contributed by atoms with Gasteiger partial charge in [-0.25, -0.2) is 0 Å². The molecule has 0 N–H and O–H groups in total. The summed E-state index contributed by atoms with van der Waals surface area (Å²) in [5.74, 6) is 1.70. The molecule has 0 bridgehead atoms. The Hall–Kier alpha value is -2.70. The molecule has 0 saturated carbocycles. The SMILES string of the molecule is COc1c2c(c(OC)c3occc13)O[C@H](c1ccccc1)[C@@H](OC)[C@@H]2OC. The van der Waals surface area contributed by atoms with Crippen molar-refractivity contribution in [3.05, 3.63) is 53.8 Å². The molecule has 2 aromatic carbocycles. The third kappa shape index (κ3) is 2.64. The van der Waals surface area contributed by atoms with Crippen LogP contribution in [0.25, 0.3) is 11.0 Å². The smallest absolute Gasteiger partial charge is 0.205 e. The van der Waals surface area contributed by atoms with Crippen LogP contribution in [0.3, 0.4) is 0 Å². The molecule has 0 spiro atoms. The lowest BCUT2D eigenvalue weighted by Crippen LogP contribution is -2.37. The summed E-state index contributed by atoms with van der Waals surface area (Å²) in [5, 5.41) is 0.798. The summed E-state index contributed by atoms with van der Waals surface area (Å²) in [7, 11) is 6.52. The highest BCUT2D eigenvalue weighted by Gasteiger charge is 2.44. The van der Waals surface area contributed by atoms with E-state index < -0.39 is 6.10 Å². The zero-order chi connectivity index (χ0) is 19.0. The Morgan fingerprint density at radius 3 is 2.22 bits per heavy atom. The molecule has 1 aromatic heterocycles. The molecule has 0 saturated heterocycles. The quantitative estimate of drug-likeness (QED) is 0.668. The molecule has 0 amide bonds. The van der Waals surface area contributed by atoms with E-state index in [0.717, 1.165) is 16.5 Å². The van der Waals surface area contributed by atoms with E-state index in [1.165, 1.54) is 0 Å². The summed E-state index contributed by atoms with van der Waals surface area (Å²) in [4.78, 5) is 0.